The van der Waals surface area contributed by atoms with Crippen LogP contribution in [-0.2, 0) is 12.5 Å². The monoisotopic (exact) mass is 290 g/mol. The average molecular weight is 290 g/mol. The van der Waals surface area contributed by atoms with Crippen LogP contribution < -0.4 is 16.0 Å². The Morgan fingerprint density at radius 1 is 1.29 bits per heavy atom. The smallest absolute Gasteiger partial charge is 0.222 e. The number of nitrogens with zero attached hydrogens (tertiary/aromatic N) is 4. The molecule has 114 valence electrons. The molecule has 0 aliphatic carbocycles. The van der Waals surface area contributed by atoms with Crippen molar-refractivity contribution in [1.82, 2.24) is 19.7 Å². The summed E-state index contributed by atoms with van der Waals surface area (Å²) in [6.45, 7) is 8.17. The van der Waals surface area contributed by atoms with Gasteiger partial charge in [-0.3, -0.25) is 0 Å². The van der Waals surface area contributed by atoms with Gasteiger partial charge < -0.3 is 10.2 Å². The summed E-state index contributed by atoms with van der Waals surface area (Å²) in [4.78, 5) is 9.10. The Morgan fingerprint density at radius 3 is 2.48 bits per heavy atom. The second kappa shape index (κ2) is 5.33. The molecule has 2 heterocycles. The predicted molar refractivity (Wildman–Crippen MR) is 82.0 cm³/mol. The van der Waals surface area contributed by atoms with Crippen LogP contribution >= 0.6 is 0 Å². The molecule has 2 aromatic heterocycles. The minimum absolute atomic E-state index is 0.118. The number of hydrogen-bond donors (Lipinski definition) is 2. The van der Waals surface area contributed by atoms with Gasteiger partial charge in [0.2, 0.25) is 5.88 Å². The molecule has 7 nitrogen and oxygen atoms in total. The molecule has 2 aromatic rings. The number of aromatic nitrogens is 4. The van der Waals surface area contributed by atoms with Crippen molar-refractivity contribution in [3.63, 3.8) is 0 Å². The number of rotatable bonds is 3. The van der Waals surface area contributed by atoms with Crippen LogP contribution in [0.15, 0.2) is 6.07 Å². The minimum atomic E-state index is -0.118. The Kier molecular flexibility index (Phi) is 3.87. The first-order valence-electron chi connectivity index (χ1n) is 6.72. The Labute approximate surface area is 124 Å². The second-order valence-corrected chi connectivity index (χ2v) is 5.95. The molecule has 0 spiro atoms. The first-order chi connectivity index (χ1) is 9.77. The first kappa shape index (κ1) is 15.2. The predicted octanol–water partition coefficient (Wildman–Crippen LogP) is 1.78. The lowest BCUT2D eigenvalue weighted by Crippen LogP contribution is -2.17. The Balaban J connectivity index is 2.69. The highest BCUT2D eigenvalue weighted by molar-refractivity contribution is 5.66. The van der Waals surface area contributed by atoms with Crippen LogP contribution in [0.4, 0.5) is 5.82 Å². The number of ether oxygens (including phenoxy) is 1. The highest BCUT2D eigenvalue weighted by Gasteiger charge is 2.23. The van der Waals surface area contributed by atoms with Crippen LogP contribution in [0.3, 0.4) is 0 Å². The number of aryl methyl sites for hydroxylation is 2. The van der Waals surface area contributed by atoms with Gasteiger partial charge in [-0.25, -0.2) is 20.5 Å². The summed E-state index contributed by atoms with van der Waals surface area (Å²) in [6.07, 6.45) is 0. The quantitative estimate of drug-likeness (QED) is 0.661. The molecule has 0 unspecified atom stereocenters. The highest BCUT2D eigenvalue weighted by atomic mass is 16.5. The van der Waals surface area contributed by atoms with Crippen LogP contribution in [0, 0.1) is 6.92 Å². The van der Waals surface area contributed by atoms with E-state index >= 15 is 0 Å². The number of nitrogens with one attached hydrogen (secondary N) is 1. The molecule has 3 N–H and O–H groups in total. The fraction of sp³-hybridized carbons (Fsp3) is 0.500. The molecule has 0 saturated heterocycles. The van der Waals surface area contributed by atoms with Crippen LogP contribution in [0.2, 0.25) is 0 Å². The molecule has 0 amide bonds. The molecule has 0 atom stereocenters. The van der Waals surface area contributed by atoms with E-state index in [1.54, 1.807) is 11.8 Å². The highest BCUT2D eigenvalue weighted by Crippen LogP contribution is 2.32. The number of nitrogens with two attached hydrogens (primary N) is 1. The van der Waals surface area contributed by atoms with Crippen LogP contribution in [0.5, 0.6) is 5.88 Å². The number of hydrogen-bond acceptors (Lipinski definition) is 6. The van der Waals surface area contributed by atoms with Gasteiger partial charge in [-0.1, -0.05) is 20.8 Å². The summed E-state index contributed by atoms with van der Waals surface area (Å²) < 4.78 is 7.09. The summed E-state index contributed by atoms with van der Waals surface area (Å²) in [5.74, 6) is 7.28. The van der Waals surface area contributed by atoms with Gasteiger partial charge in [0.15, 0.2) is 5.82 Å². The molecular weight excluding hydrogens is 268 g/mol. The van der Waals surface area contributed by atoms with E-state index in [1.807, 2.05) is 20.0 Å². The molecule has 7 heteroatoms. The lowest BCUT2D eigenvalue weighted by Gasteiger charge is -2.19. The van der Waals surface area contributed by atoms with E-state index in [-0.39, 0.29) is 5.41 Å². The van der Waals surface area contributed by atoms with Crippen molar-refractivity contribution in [2.75, 3.05) is 12.5 Å². The maximum atomic E-state index is 5.53. The minimum Gasteiger partial charge on any atom is -0.481 e. The summed E-state index contributed by atoms with van der Waals surface area (Å²) in [5, 5.41) is 4.37. The Bertz CT molecular complexity index is 656. The van der Waals surface area contributed by atoms with E-state index < -0.39 is 0 Å². The van der Waals surface area contributed by atoms with E-state index in [4.69, 9.17) is 10.6 Å². The van der Waals surface area contributed by atoms with Crippen molar-refractivity contribution in [1.29, 1.82) is 0 Å². The van der Waals surface area contributed by atoms with Crippen molar-refractivity contribution in [3.05, 3.63) is 17.5 Å². The number of nitrogen functional groups attached to an aromatic ring is 1. The molecule has 0 bridgehead atoms. The van der Waals surface area contributed by atoms with Crippen molar-refractivity contribution in [2.45, 2.75) is 33.1 Å². The molecule has 0 radical (unpaired) electrons. The summed E-state index contributed by atoms with van der Waals surface area (Å²) in [5.41, 5.74) is 4.96. The van der Waals surface area contributed by atoms with E-state index in [2.05, 4.69) is 41.3 Å². The second-order valence-electron chi connectivity index (χ2n) is 5.95. The normalized spacial score (nSPS) is 11.6. The first-order valence-corrected chi connectivity index (χ1v) is 6.72. The zero-order valence-electron chi connectivity index (χ0n) is 13.4. The summed E-state index contributed by atoms with van der Waals surface area (Å²) >= 11 is 0. The van der Waals surface area contributed by atoms with Crippen molar-refractivity contribution < 1.29 is 4.74 Å². The molecular formula is C14H22N6O. The largest absolute Gasteiger partial charge is 0.481 e. The van der Waals surface area contributed by atoms with Crippen molar-refractivity contribution in [3.8, 4) is 17.3 Å². The molecule has 0 aliphatic heterocycles. The Hall–Kier alpha value is -2.15. The van der Waals surface area contributed by atoms with E-state index in [1.165, 1.54) is 0 Å². The van der Waals surface area contributed by atoms with Gasteiger partial charge in [-0.15, -0.1) is 0 Å². The molecule has 2 rings (SSSR count). The van der Waals surface area contributed by atoms with Crippen LogP contribution in [0.1, 0.15) is 32.2 Å². The van der Waals surface area contributed by atoms with Gasteiger partial charge in [0.1, 0.15) is 11.4 Å². The maximum Gasteiger partial charge on any atom is 0.222 e. The zero-order chi connectivity index (χ0) is 15.8. The van der Waals surface area contributed by atoms with E-state index in [9.17, 15) is 0 Å². The third-order valence-corrected chi connectivity index (χ3v) is 3.23. The third-order valence-electron chi connectivity index (χ3n) is 3.23. The maximum absolute atomic E-state index is 5.53. The van der Waals surface area contributed by atoms with E-state index in [0.717, 1.165) is 17.0 Å². The van der Waals surface area contributed by atoms with Gasteiger partial charge in [0, 0.05) is 18.5 Å². The molecule has 0 aliphatic rings. The topological polar surface area (TPSA) is 90.9 Å². The van der Waals surface area contributed by atoms with Crippen LogP contribution in [-0.4, -0.2) is 26.9 Å². The van der Waals surface area contributed by atoms with Gasteiger partial charge in [-0.05, 0) is 6.92 Å². The number of hydrazine groups is 1. The average Bonchev–Trinajstić information content (AvgIpc) is 2.71. The lowest BCUT2D eigenvalue weighted by atomic mass is 9.92. The third kappa shape index (κ3) is 2.82. The van der Waals surface area contributed by atoms with Gasteiger partial charge in [-0.2, -0.15) is 5.10 Å². The lowest BCUT2D eigenvalue weighted by molar-refractivity contribution is 0.374. The fourth-order valence-corrected chi connectivity index (χ4v) is 2.15. The molecule has 21 heavy (non-hydrogen) atoms. The number of anilines is 1. The molecule has 0 saturated carbocycles. The standard InChI is InChI=1S/C14H22N6O/c1-8-11(13(21-6)20(5)19-8)12-16-9(14(2,3)4)7-10(17-12)18-15/h7H,15H2,1-6H3,(H,16,17,18). The van der Waals surface area contributed by atoms with Gasteiger partial charge >= 0.3 is 0 Å². The van der Waals surface area contributed by atoms with Gasteiger partial charge in [0.25, 0.3) is 0 Å². The van der Waals surface area contributed by atoms with Crippen LogP contribution in [0.25, 0.3) is 11.4 Å². The zero-order valence-corrected chi connectivity index (χ0v) is 13.4. The Morgan fingerprint density at radius 2 is 1.95 bits per heavy atom. The van der Waals surface area contributed by atoms with E-state index in [0.29, 0.717) is 17.5 Å². The van der Waals surface area contributed by atoms with Crippen molar-refractivity contribution in [2.24, 2.45) is 12.9 Å². The van der Waals surface area contributed by atoms with Crippen molar-refractivity contribution >= 4 is 5.82 Å². The fourth-order valence-electron chi connectivity index (χ4n) is 2.15. The van der Waals surface area contributed by atoms with Gasteiger partial charge in [0.05, 0.1) is 18.5 Å². The number of methoxy groups -OCH3 is 1. The molecule has 0 fully saturated rings. The SMILES string of the molecule is COc1c(-c2nc(NN)cc(C(C)(C)C)n2)c(C)nn1C. The summed E-state index contributed by atoms with van der Waals surface area (Å²) in [6, 6.07) is 1.85. The molecule has 0 aromatic carbocycles. The summed E-state index contributed by atoms with van der Waals surface area (Å²) in [7, 11) is 3.43.